The van der Waals surface area contributed by atoms with Crippen LogP contribution >= 0.6 is 0 Å². The molecule has 7 nitrogen and oxygen atoms in total. The fourth-order valence-electron chi connectivity index (χ4n) is 4.09. The van der Waals surface area contributed by atoms with Crippen LogP contribution in [0.4, 0.5) is 0 Å². The van der Waals surface area contributed by atoms with Crippen molar-refractivity contribution < 1.29 is 14.3 Å². The van der Waals surface area contributed by atoms with E-state index in [9.17, 15) is 4.79 Å². The van der Waals surface area contributed by atoms with Crippen molar-refractivity contribution in [2.24, 2.45) is 5.10 Å². The first-order valence-corrected chi connectivity index (χ1v) is 12.3. The second kappa shape index (κ2) is 12.9. The summed E-state index contributed by atoms with van der Waals surface area (Å²) in [6, 6.07) is 24.2. The third-order valence-electron chi connectivity index (χ3n) is 6.19. The van der Waals surface area contributed by atoms with E-state index in [1.54, 1.807) is 13.3 Å². The second-order valence-corrected chi connectivity index (χ2v) is 9.02. The van der Waals surface area contributed by atoms with Gasteiger partial charge in [0, 0.05) is 32.7 Å². The largest absolute Gasteiger partial charge is 0.493 e. The van der Waals surface area contributed by atoms with Crippen LogP contribution in [0.15, 0.2) is 77.9 Å². The molecule has 0 spiro atoms. The number of aryl methyl sites for hydroxylation is 1. The predicted octanol–water partition coefficient (Wildman–Crippen LogP) is 3.85. The molecule has 0 bridgehead atoms. The summed E-state index contributed by atoms with van der Waals surface area (Å²) in [6.07, 6.45) is 1.61. The first-order valence-electron chi connectivity index (χ1n) is 12.3. The summed E-state index contributed by atoms with van der Waals surface area (Å²) < 4.78 is 11.4. The molecule has 1 heterocycles. The lowest BCUT2D eigenvalue weighted by molar-refractivity contribution is -0.122. The van der Waals surface area contributed by atoms with Crippen LogP contribution in [0, 0.1) is 6.92 Å². The molecule has 1 fully saturated rings. The van der Waals surface area contributed by atoms with Gasteiger partial charge in [0.25, 0.3) is 5.91 Å². The van der Waals surface area contributed by atoms with Gasteiger partial charge in [0.1, 0.15) is 6.61 Å². The van der Waals surface area contributed by atoms with E-state index < -0.39 is 0 Å². The average Bonchev–Trinajstić information content (AvgIpc) is 2.91. The molecule has 0 unspecified atom stereocenters. The maximum atomic E-state index is 12.4. The molecule has 188 valence electrons. The molecule has 0 aliphatic carbocycles. The van der Waals surface area contributed by atoms with E-state index in [0.29, 0.717) is 24.7 Å². The van der Waals surface area contributed by atoms with E-state index >= 15 is 0 Å². The Balaban J connectivity index is 1.20. The third-order valence-corrected chi connectivity index (χ3v) is 6.19. The number of hydrazone groups is 1. The van der Waals surface area contributed by atoms with Crippen molar-refractivity contribution in [3.63, 3.8) is 0 Å². The predicted molar refractivity (Wildman–Crippen MR) is 142 cm³/mol. The lowest BCUT2D eigenvalue weighted by Crippen LogP contribution is -2.48. The lowest BCUT2D eigenvalue weighted by Gasteiger charge is -2.34. The first-order chi connectivity index (χ1) is 17.6. The van der Waals surface area contributed by atoms with Crippen molar-refractivity contribution >= 4 is 12.1 Å². The molecule has 1 N–H and O–H groups in total. The summed E-state index contributed by atoms with van der Waals surface area (Å²) in [5.74, 6) is 1.15. The summed E-state index contributed by atoms with van der Waals surface area (Å²) in [6.45, 7) is 7.48. The van der Waals surface area contributed by atoms with Gasteiger partial charge < -0.3 is 9.47 Å². The molecule has 1 aliphatic rings. The Bertz CT molecular complexity index is 1140. The number of carbonyl (C=O) groups is 1. The van der Waals surface area contributed by atoms with E-state index in [-0.39, 0.29) is 5.91 Å². The molecule has 1 aliphatic heterocycles. The van der Waals surface area contributed by atoms with Crippen molar-refractivity contribution in [3.8, 4) is 11.5 Å². The van der Waals surface area contributed by atoms with Crippen LogP contribution in [-0.2, 0) is 17.9 Å². The zero-order valence-electron chi connectivity index (χ0n) is 21.0. The molecule has 7 heteroatoms. The number of nitrogens with zero attached hydrogens (tertiary/aromatic N) is 3. The van der Waals surface area contributed by atoms with Gasteiger partial charge in [-0.15, -0.1) is 0 Å². The minimum absolute atomic E-state index is 0.118. The highest BCUT2D eigenvalue weighted by Gasteiger charge is 2.19. The number of hydrogen-bond acceptors (Lipinski definition) is 6. The number of benzene rings is 3. The Labute approximate surface area is 213 Å². The van der Waals surface area contributed by atoms with E-state index in [2.05, 4.69) is 51.5 Å². The molecular formula is C29H34N4O3. The van der Waals surface area contributed by atoms with Crippen molar-refractivity contribution in [3.05, 3.63) is 95.1 Å². The Kier molecular flexibility index (Phi) is 9.08. The summed E-state index contributed by atoms with van der Waals surface area (Å²) in [7, 11) is 1.61. The van der Waals surface area contributed by atoms with Crippen molar-refractivity contribution in [1.29, 1.82) is 0 Å². The summed E-state index contributed by atoms with van der Waals surface area (Å²) in [5, 5.41) is 4.13. The molecule has 3 aromatic rings. The van der Waals surface area contributed by atoms with Gasteiger partial charge in [-0.25, -0.2) is 5.43 Å². The Hall–Kier alpha value is -3.68. The zero-order valence-corrected chi connectivity index (χ0v) is 21.0. The van der Waals surface area contributed by atoms with Gasteiger partial charge in [-0.3, -0.25) is 14.6 Å². The number of amides is 1. The molecule has 0 radical (unpaired) electrons. The van der Waals surface area contributed by atoms with Crippen LogP contribution in [-0.4, -0.2) is 61.8 Å². The topological polar surface area (TPSA) is 66.4 Å². The Morgan fingerprint density at radius 1 is 0.917 bits per heavy atom. The number of carbonyl (C=O) groups excluding carboxylic acids is 1. The first kappa shape index (κ1) is 25.4. The van der Waals surface area contributed by atoms with E-state index in [0.717, 1.165) is 43.9 Å². The standard InChI is InChI=1S/C29H34N4O3/c1-23-8-10-24(11-9-23)20-32-14-16-33(17-15-32)21-29(34)31-30-19-26-12-13-27(28(18-26)35-2)36-22-25-6-4-3-5-7-25/h3-13,18-19H,14-17,20-22H2,1-2H3,(H,31,34). The smallest absolute Gasteiger partial charge is 0.254 e. The molecule has 3 aromatic carbocycles. The van der Waals surface area contributed by atoms with Gasteiger partial charge in [-0.2, -0.15) is 5.10 Å². The van der Waals surface area contributed by atoms with Crippen molar-refractivity contribution in [2.75, 3.05) is 39.8 Å². The van der Waals surface area contributed by atoms with Gasteiger partial charge in [0.05, 0.1) is 19.9 Å². The molecule has 36 heavy (non-hydrogen) atoms. The molecule has 0 aromatic heterocycles. The van der Waals surface area contributed by atoms with Crippen LogP contribution in [0.2, 0.25) is 0 Å². The minimum Gasteiger partial charge on any atom is -0.493 e. The normalized spacial score (nSPS) is 14.6. The van der Waals surface area contributed by atoms with Gasteiger partial charge in [-0.05, 0) is 41.8 Å². The Morgan fingerprint density at radius 3 is 2.36 bits per heavy atom. The monoisotopic (exact) mass is 486 g/mol. The highest BCUT2D eigenvalue weighted by molar-refractivity contribution is 5.83. The highest BCUT2D eigenvalue weighted by Crippen LogP contribution is 2.28. The van der Waals surface area contributed by atoms with E-state index in [1.807, 2.05) is 48.5 Å². The zero-order chi connectivity index (χ0) is 25.2. The van der Waals surface area contributed by atoms with Crippen LogP contribution in [0.1, 0.15) is 22.3 Å². The maximum Gasteiger partial charge on any atom is 0.254 e. The summed E-state index contributed by atoms with van der Waals surface area (Å²) in [5.41, 5.74) is 7.14. The molecule has 0 saturated carbocycles. The number of methoxy groups -OCH3 is 1. The fourth-order valence-corrected chi connectivity index (χ4v) is 4.09. The molecular weight excluding hydrogens is 452 g/mol. The molecule has 1 amide bonds. The maximum absolute atomic E-state index is 12.4. The van der Waals surface area contributed by atoms with Gasteiger partial charge in [-0.1, -0.05) is 60.2 Å². The summed E-state index contributed by atoms with van der Waals surface area (Å²) >= 11 is 0. The van der Waals surface area contributed by atoms with Gasteiger partial charge in [0.15, 0.2) is 11.5 Å². The molecule has 4 rings (SSSR count). The van der Waals surface area contributed by atoms with Gasteiger partial charge in [0.2, 0.25) is 0 Å². The molecule has 1 saturated heterocycles. The summed E-state index contributed by atoms with van der Waals surface area (Å²) in [4.78, 5) is 17.0. The number of piperazine rings is 1. The number of ether oxygens (including phenoxy) is 2. The quantitative estimate of drug-likeness (QED) is 0.348. The second-order valence-electron chi connectivity index (χ2n) is 9.02. The van der Waals surface area contributed by atoms with Crippen LogP contribution in [0.3, 0.4) is 0 Å². The number of rotatable bonds is 10. The number of nitrogens with one attached hydrogen (secondary N) is 1. The van der Waals surface area contributed by atoms with E-state index in [4.69, 9.17) is 9.47 Å². The van der Waals surface area contributed by atoms with Gasteiger partial charge >= 0.3 is 0 Å². The SMILES string of the molecule is COc1cc(C=NNC(=O)CN2CCN(Cc3ccc(C)cc3)CC2)ccc1OCc1ccccc1. The minimum atomic E-state index is -0.118. The van der Waals surface area contributed by atoms with Crippen molar-refractivity contribution in [2.45, 2.75) is 20.1 Å². The van der Waals surface area contributed by atoms with Crippen molar-refractivity contribution in [1.82, 2.24) is 15.2 Å². The number of hydrogen-bond donors (Lipinski definition) is 1. The fraction of sp³-hybridized carbons (Fsp3) is 0.310. The van der Waals surface area contributed by atoms with Crippen LogP contribution in [0.25, 0.3) is 0 Å². The lowest BCUT2D eigenvalue weighted by atomic mass is 10.1. The highest BCUT2D eigenvalue weighted by atomic mass is 16.5. The third kappa shape index (κ3) is 7.66. The van der Waals surface area contributed by atoms with E-state index in [1.165, 1.54) is 11.1 Å². The van der Waals surface area contributed by atoms with Crippen LogP contribution < -0.4 is 14.9 Å². The van der Waals surface area contributed by atoms with Crippen LogP contribution in [0.5, 0.6) is 11.5 Å². The molecule has 0 atom stereocenters. The average molecular weight is 487 g/mol. The Morgan fingerprint density at radius 2 is 1.64 bits per heavy atom.